The van der Waals surface area contributed by atoms with E-state index in [0.717, 1.165) is 32.2 Å². The number of rotatable bonds is 8. The van der Waals surface area contributed by atoms with E-state index in [1.165, 1.54) is 4.90 Å². The number of hydrogen-bond acceptors (Lipinski definition) is 3. The Labute approximate surface area is 116 Å². The van der Waals surface area contributed by atoms with E-state index in [-0.39, 0.29) is 24.9 Å². The van der Waals surface area contributed by atoms with E-state index in [1.54, 1.807) is 11.9 Å². The Morgan fingerprint density at radius 2 is 1.95 bits per heavy atom. The zero-order chi connectivity index (χ0) is 14.3. The molecule has 19 heavy (non-hydrogen) atoms. The highest BCUT2D eigenvalue weighted by Crippen LogP contribution is 2.07. The van der Waals surface area contributed by atoms with E-state index >= 15 is 0 Å². The van der Waals surface area contributed by atoms with Gasteiger partial charge in [0.2, 0.25) is 11.8 Å². The maximum Gasteiger partial charge on any atom is 0.242 e. The van der Waals surface area contributed by atoms with Crippen LogP contribution in [0.5, 0.6) is 0 Å². The topological polar surface area (TPSA) is 52.7 Å². The number of hydrogen-bond donors (Lipinski definition) is 1. The van der Waals surface area contributed by atoms with E-state index < -0.39 is 0 Å². The predicted molar refractivity (Wildman–Crippen MR) is 75.8 cm³/mol. The molecular formula is C14H27N3O2. The lowest BCUT2D eigenvalue weighted by atomic mass is 10.1. The molecule has 1 aliphatic rings. The van der Waals surface area contributed by atoms with E-state index in [1.807, 2.05) is 0 Å². The van der Waals surface area contributed by atoms with Crippen molar-refractivity contribution in [3.63, 3.8) is 0 Å². The highest BCUT2D eigenvalue weighted by molar-refractivity contribution is 5.92. The predicted octanol–water partition coefficient (Wildman–Crippen LogP) is 0.845. The molecule has 0 spiro atoms. The van der Waals surface area contributed by atoms with Crippen molar-refractivity contribution in [2.45, 2.75) is 45.6 Å². The molecule has 0 aromatic heterocycles. The quantitative estimate of drug-likeness (QED) is 0.710. The first-order chi connectivity index (χ1) is 9.08. The normalized spacial score (nSPS) is 18.1. The van der Waals surface area contributed by atoms with Gasteiger partial charge in [0, 0.05) is 19.6 Å². The molecule has 0 saturated carbocycles. The summed E-state index contributed by atoms with van der Waals surface area (Å²) in [5.74, 6) is 0.104. The molecule has 1 atom stereocenters. The smallest absolute Gasteiger partial charge is 0.242 e. The molecule has 2 amide bonds. The number of likely N-dealkylation sites (N-methyl/N-ethyl adjacent to an activating group) is 1. The van der Waals surface area contributed by atoms with Crippen LogP contribution in [0, 0.1) is 0 Å². The van der Waals surface area contributed by atoms with Gasteiger partial charge in [-0.25, -0.2) is 0 Å². The summed E-state index contributed by atoms with van der Waals surface area (Å²) < 4.78 is 0. The number of nitrogens with one attached hydrogen (secondary N) is 1. The maximum atomic E-state index is 11.8. The molecule has 0 aromatic rings. The second-order valence-corrected chi connectivity index (χ2v) is 5.27. The lowest BCUT2D eigenvalue weighted by Gasteiger charge is -2.32. The van der Waals surface area contributed by atoms with Crippen LogP contribution in [-0.4, -0.2) is 60.9 Å². The van der Waals surface area contributed by atoms with Gasteiger partial charge < -0.3 is 15.1 Å². The summed E-state index contributed by atoms with van der Waals surface area (Å²) in [6, 6.07) is 0.526. The van der Waals surface area contributed by atoms with Crippen molar-refractivity contribution in [3.05, 3.63) is 0 Å². The van der Waals surface area contributed by atoms with E-state index in [4.69, 9.17) is 0 Å². The van der Waals surface area contributed by atoms with Gasteiger partial charge >= 0.3 is 0 Å². The number of amides is 2. The molecule has 1 aliphatic heterocycles. The van der Waals surface area contributed by atoms with Crippen molar-refractivity contribution in [1.29, 1.82) is 0 Å². The summed E-state index contributed by atoms with van der Waals surface area (Å²) in [4.78, 5) is 26.5. The van der Waals surface area contributed by atoms with Gasteiger partial charge in [-0.15, -0.1) is 0 Å². The van der Waals surface area contributed by atoms with Crippen LogP contribution in [0.3, 0.4) is 0 Å². The lowest BCUT2D eigenvalue weighted by molar-refractivity contribution is -0.148. The fraction of sp³-hybridized carbons (Fsp3) is 0.857. The molecule has 0 radical (unpaired) electrons. The SMILES string of the molecule is CCCNC(CC)CCCN1CC(=O)N(C)CC1=O. The largest absolute Gasteiger partial charge is 0.335 e. The van der Waals surface area contributed by atoms with Crippen LogP contribution in [0.1, 0.15) is 39.5 Å². The van der Waals surface area contributed by atoms with Gasteiger partial charge in [0.25, 0.3) is 0 Å². The van der Waals surface area contributed by atoms with Crippen LogP contribution in [0.4, 0.5) is 0 Å². The summed E-state index contributed by atoms with van der Waals surface area (Å²) in [7, 11) is 1.68. The first-order valence-corrected chi connectivity index (χ1v) is 7.33. The molecule has 1 fully saturated rings. The summed E-state index contributed by atoms with van der Waals surface area (Å²) in [6.07, 6.45) is 4.26. The fourth-order valence-electron chi connectivity index (χ4n) is 2.29. The molecule has 1 N–H and O–H groups in total. The van der Waals surface area contributed by atoms with Crippen LogP contribution in [0.25, 0.3) is 0 Å². The first kappa shape index (κ1) is 16.0. The molecular weight excluding hydrogens is 242 g/mol. The van der Waals surface area contributed by atoms with Gasteiger partial charge in [-0.05, 0) is 32.2 Å². The molecule has 110 valence electrons. The second-order valence-electron chi connectivity index (χ2n) is 5.27. The van der Waals surface area contributed by atoms with Gasteiger partial charge in [-0.3, -0.25) is 9.59 Å². The van der Waals surface area contributed by atoms with E-state index in [2.05, 4.69) is 19.2 Å². The Kier molecular flexibility index (Phi) is 6.84. The van der Waals surface area contributed by atoms with Crippen molar-refractivity contribution in [3.8, 4) is 0 Å². The number of carbonyl (C=O) groups excluding carboxylic acids is 2. The van der Waals surface area contributed by atoms with Gasteiger partial charge in [0.15, 0.2) is 0 Å². The van der Waals surface area contributed by atoms with Crippen molar-refractivity contribution in [2.75, 3.05) is 33.2 Å². The Morgan fingerprint density at radius 1 is 1.21 bits per heavy atom. The third-order valence-corrected chi connectivity index (χ3v) is 3.63. The fourth-order valence-corrected chi connectivity index (χ4v) is 2.29. The Morgan fingerprint density at radius 3 is 2.58 bits per heavy atom. The van der Waals surface area contributed by atoms with E-state index in [9.17, 15) is 9.59 Å². The highest BCUT2D eigenvalue weighted by Gasteiger charge is 2.26. The Balaban J connectivity index is 2.27. The zero-order valence-corrected chi connectivity index (χ0v) is 12.4. The van der Waals surface area contributed by atoms with Crippen molar-refractivity contribution in [1.82, 2.24) is 15.1 Å². The van der Waals surface area contributed by atoms with Gasteiger partial charge in [0.05, 0.1) is 13.1 Å². The van der Waals surface area contributed by atoms with Gasteiger partial charge in [0.1, 0.15) is 0 Å². The minimum Gasteiger partial charge on any atom is -0.335 e. The molecule has 1 rings (SSSR count). The summed E-state index contributed by atoms with van der Waals surface area (Å²) >= 11 is 0. The monoisotopic (exact) mass is 269 g/mol. The van der Waals surface area contributed by atoms with E-state index in [0.29, 0.717) is 12.6 Å². The molecule has 0 aromatic carbocycles. The van der Waals surface area contributed by atoms with Crippen LogP contribution in [0.15, 0.2) is 0 Å². The molecule has 5 nitrogen and oxygen atoms in total. The first-order valence-electron chi connectivity index (χ1n) is 7.33. The molecule has 1 heterocycles. The van der Waals surface area contributed by atoms with Crippen molar-refractivity contribution < 1.29 is 9.59 Å². The Hall–Kier alpha value is -1.10. The highest BCUT2D eigenvalue weighted by atomic mass is 16.2. The average Bonchev–Trinajstić information content (AvgIpc) is 2.39. The second kappa shape index (κ2) is 8.15. The van der Waals surface area contributed by atoms with Crippen molar-refractivity contribution in [2.24, 2.45) is 0 Å². The maximum absolute atomic E-state index is 11.8. The van der Waals surface area contributed by atoms with Crippen LogP contribution < -0.4 is 5.32 Å². The van der Waals surface area contributed by atoms with Crippen LogP contribution >= 0.6 is 0 Å². The zero-order valence-electron chi connectivity index (χ0n) is 12.4. The molecule has 1 unspecified atom stereocenters. The number of piperazine rings is 1. The molecule has 1 saturated heterocycles. The van der Waals surface area contributed by atoms with Gasteiger partial charge in [-0.1, -0.05) is 13.8 Å². The third-order valence-electron chi connectivity index (χ3n) is 3.63. The summed E-state index contributed by atoms with van der Waals surface area (Å²) in [6.45, 7) is 6.55. The molecule has 0 bridgehead atoms. The lowest BCUT2D eigenvalue weighted by Crippen LogP contribution is -2.52. The van der Waals surface area contributed by atoms with Gasteiger partial charge in [-0.2, -0.15) is 0 Å². The summed E-state index contributed by atoms with van der Waals surface area (Å²) in [5.41, 5.74) is 0. The van der Waals surface area contributed by atoms with Crippen LogP contribution in [0.2, 0.25) is 0 Å². The standard InChI is InChI=1S/C14H27N3O2/c1-4-8-15-12(5-2)7-6-9-17-11-13(18)16(3)10-14(17)19/h12,15H,4-11H2,1-3H3. The van der Waals surface area contributed by atoms with Crippen LogP contribution in [-0.2, 0) is 9.59 Å². The Bertz CT molecular complexity index is 307. The van der Waals surface area contributed by atoms with Crippen molar-refractivity contribution >= 4 is 11.8 Å². The number of nitrogens with zero attached hydrogens (tertiary/aromatic N) is 2. The summed E-state index contributed by atoms with van der Waals surface area (Å²) in [5, 5.41) is 3.51. The number of carbonyl (C=O) groups is 2. The third kappa shape index (κ3) is 5.19. The molecule has 0 aliphatic carbocycles. The minimum absolute atomic E-state index is 0.0377. The minimum atomic E-state index is 0.0377. The average molecular weight is 269 g/mol. The molecule has 5 heteroatoms.